The van der Waals surface area contributed by atoms with Gasteiger partial charge in [0, 0.05) is 12.5 Å². The molecule has 2 heteroatoms. The molecule has 0 aromatic heterocycles. The third-order valence-electron chi connectivity index (χ3n) is 3.30. The van der Waals surface area contributed by atoms with Crippen LogP contribution in [0.1, 0.15) is 30.4 Å². The van der Waals surface area contributed by atoms with Gasteiger partial charge in [0.05, 0.1) is 0 Å². The van der Waals surface area contributed by atoms with Crippen LogP contribution >= 0.6 is 22.6 Å². The quantitative estimate of drug-likeness (QED) is 0.236. The molecule has 0 radical (unpaired) electrons. The first kappa shape index (κ1) is 16.2. The highest BCUT2D eigenvalue weighted by Gasteiger charge is 2.11. The fourth-order valence-electron chi connectivity index (χ4n) is 2.14. The highest BCUT2D eigenvalue weighted by atomic mass is 127. The normalized spacial score (nSPS) is 11.8. The van der Waals surface area contributed by atoms with Crippen molar-refractivity contribution in [2.24, 2.45) is 0 Å². The molecule has 0 aliphatic carbocycles. The van der Waals surface area contributed by atoms with Crippen molar-refractivity contribution in [2.75, 3.05) is 4.43 Å². The Morgan fingerprint density at radius 1 is 0.833 bits per heavy atom. The maximum atomic E-state index is 2.47. The highest BCUT2D eigenvalue weighted by Crippen LogP contribution is 2.15. The molecule has 0 saturated heterocycles. The van der Waals surface area contributed by atoms with Crippen molar-refractivity contribution in [1.29, 1.82) is 0 Å². The molecule has 0 saturated carbocycles. The zero-order valence-electron chi connectivity index (χ0n) is 12.1. The molecule has 0 heterocycles. The Labute approximate surface area is 128 Å². The van der Waals surface area contributed by atoms with Crippen LogP contribution in [0.5, 0.6) is 0 Å². The first-order chi connectivity index (χ1) is 8.51. The van der Waals surface area contributed by atoms with Gasteiger partial charge in [-0.15, -0.1) is 0 Å². The van der Waals surface area contributed by atoms with Crippen LogP contribution in [0.3, 0.4) is 0 Å². The summed E-state index contributed by atoms with van der Waals surface area (Å²) in [6.07, 6.45) is 6.66. The maximum absolute atomic E-state index is 2.47. The number of rotatable bonds is 8. The molecule has 0 aliphatic heterocycles. The molecular weight excluding hydrogens is 347 g/mol. The zero-order chi connectivity index (χ0) is 13.4. The lowest BCUT2D eigenvalue weighted by atomic mass is 10.0. The van der Waals surface area contributed by atoms with Crippen LogP contribution in [0, 0.1) is 0 Å². The summed E-state index contributed by atoms with van der Waals surface area (Å²) < 4.78 is 1.22. The molecule has 0 bridgehead atoms. The van der Waals surface area contributed by atoms with Gasteiger partial charge in [-0.1, -0.05) is 85.4 Å². The largest absolute Gasteiger partial charge is 0.0860 e. The molecule has 1 rings (SSSR count). The van der Waals surface area contributed by atoms with Gasteiger partial charge in [-0.3, -0.25) is 0 Å². The number of hydrogen-bond acceptors (Lipinski definition) is 0. The average Bonchev–Trinajstić information content (AvgIpc) is 2.30. The molecule has 18 heavy (non-hydrogen) atoms. The Bertz CT molecular complexity index is 324. The van der Waals surface area contributed by atoms with E-state index in [2.05, 4.69) is 66.5 Å². The van der Waals surface area contributed by atoms with Crippen molar-refractivity contribution < 1.29 is 0 Å². The van der Waals surface area contributed by atoms with Crippen molar-refractivity contribution in [2.45, 2.75) is 57.8 Å². The molecule has 0 aliphatic rings. The van der Waals surface area contributed by atoms with Gasteiger partial charge >= 0.3 is 0 Å². The summed E-state index contributed by atoms with van der Waals surface area (Å²) in [5, 5.41) is 0. The summed E-state index contributed by atoms with van der Waals surface area (Å²) in [6.45, 7) is 7.41. The predicted molar refractivity (Wildman–Crippen MR) is 94.7 cm³/mol. The summed E-state index contributed by atoms with van der Waals surface area (Å²) in [5.74, 6) is 0. The van der Waals surface area contributed by atoms with E-state index >= 15 is 0 Å². The number of benzene rings is 1. The Kier molecular flexibility index (Phi) is 7.53. The number of unbranched alkanes of at least 4 members (excludes halogenated alkanes) is 2. The molecule has 0 spiro atoms. The smallest absolute Gasteiger partial charge is 0.0442 e. The van der Waals surface area contributed by atoms with E-state index in [1.54, 1.807) is 0 Å². The Hall–Kier alpha value is 0.167. The van der Waals surface area contributed by atoms with Crippen LogP contribution in [0.25, 0.3) is 0 Å². The summed E-state index contributed by atoms with van der Waals surface area (Å²) in [4.78, 5) is 0. The third-order valence-corrected chi connectivity index (χ3v) is 5.69. The maximum Gasteiger partial charge on any atom is 0.0442 e. The summed E-state index contributed by atoms with van der Waals surface area (Å²) in [6, 6.07) is 10.7. The summed E-state index contributed by atoms with van der Waals surface area (Å²) in [5.41, 5.74) is 2.99. The van der Waals surface area contributed by atoms with Crippen LogP contribution in [0.4, 0.5) is 0 Å². The molecule has 0 atom stereocenters. The minimum atomic E-state index is -0.804. The SMILES string of the molecule is C[Si](C)(C)CCCCCc1ccc(CCI)cc1. The standard InChI is InChI=1S/C16H27ISi/c1-18(2,3)14-6-4-5-7-15-8-10-16(11-9-15)12-13-17/h8-11H,4-7,12-14H2,1-3H3. The van der Waals surface area contributed by atoms with Crippen LogP contribution in [-0.4, -0.2) is 12.5 Å². The van der Waals surface area contributed by atoms with E-state index in [9.17, 15) is 0 Å². The van der Waals surface area contributed by atoms with Crippen LogP contribution < -0.4 is 0 Å². The number of hydrogen-bond donors (Lipinski definition) is 0. The lowest BCUT2D eigenvalue weighted by Gasteiger charge is -2.14. The molecule has 0 unspecified atom stereocenters. The van der Waals surface area contributed by atoms with Crippen LogP contribution in [0.2, 0.25) is 25.7 Å². The van der Waals surface area contributed by atoms with Crippen LogP contribution in [0.15, 0.2) is 24.3 Å². The van der Waals surface area contributed by atoms with E-state index in [0.29, 0.717) is 0 Å². The van der Waals surface area contributed by atoms with Crippen molar-refractivity contribution in [3.05, 3.63) is 35.4 Å². The zero-order valence-corrected chi connectivity index (χ0v) is 15.3. The molecule has 0 fully saturated rings. The lowest BCUT2D eigenvalue weighted by Crippen LogP contribution is -2.18. The second-order valence-electron chi connectivity index (χ2n) is 6.38. The minimum absolute atomic E-state index is 0.804. The van der Waals surface area contributed by atoms with Crippen molar-refractivity contribution in [3.8, 4) is 0 Å². The fraction of sp³-hybridized carbons (Fsp3) is 0.625. The summed E-state index contributed by atoms with van der Waals surface area (Å²) in [7, 11) is -0.804. The molecule has 0 amide bonds. The van der Waals surface area contributed by atoms with Crippen molar-refractivity contribution >= 4 is 30.7 Å². The second-order valence-corrected chi connectivity index (χ2v) is 13.1. The van der Waals surface area contributed by atoms with Crippen LogP contribution in [-0.2, 0) is 12.8 Å². The van der Waals surface area contributed by atoms with E-state index in [1.807, 2.05) is 0 Å². The molecule has 0 nitrogen and oxygen atoms in total. The summed E-state index contributed by atoms with van der Waals surface area (Å²) >= 11 is 2.44. The monoisotopic (exact) mass is 374 g/mol. The van der Waals surface area contributed by atoms with E-state index in [1.165, 1.54) is 53.7 Å². The molecule has 102 valence electrons. The first-order valence-electron chi connectivity index (χ1n) is 7.15. The van der Waals surface area contributed by atoms with Gasteiger partial charge in [0.25, 0.3) is 0 Å². The van der Waals surface area contributed by atoms with E-state index in [4.69, 9.17) is 0 Å². The average molecular weight is 374 g/mol. The second kappa shape index (κ2) is 8.36. The molecule has 1 aromatic rings. The van der Waals surface area contributed by atoms with E-state index in [0.717, 1.165) is 0 Å². The predicted octanol–water partition coefficient (Wildman–Crippen LogP) is 5.72. The van der Waals surface area contributed by atoms with Gasteiger partial charge in [0.2, 0.25) is 0 Å². The third kappa shape index (κ3) is 7.57. The van der Waals surface area contributed by atoms with Gasteiger partial charge in [0.15, 0.2) is 0 Å². The van der Waals surface area contributed by atoms with Crippen molar-refractivity contribution in [3.63, 3.8) is 0 Å². The Balaban J connectivity index is 2.19. The molecule has 1 aromatic carbocycles. The Morgan fingerprint density at radius 2 is 1.39 bits per heavy atom. The van der Waals surface area contributed by atoms with Gasteiger partial charge < -0.3 is 0 Å². The fourth-order valence-corrected chi connectivity index (χ4v) is 4.08. The first-order valence-corrected chi connectivity index (χ1v) is 12.4. The van der Waals surface area contributed by atoms with Gasteiger partial charge in [-0.25, -0.2) is 0 Å². The molecule has 0 N–H and O–H groups in total. The van der Waals surface area contributed by atoms with Crippen molar-refractivity contribution in [1.82, 2.24) is 0 Å². The van der Waals surface area contributed by atoms with Gasteiger partial charge in [-0.2, -0.15) is 0 Å². The van der Waals surface area contributed by atoms with E-state index in [-0.39, 0.29) is 0 Å². The topological polar surface area (TPSA) is 0 Å². The Morgan fingerprint density at radius 3 is 1.89 bits per heavy atom. The van der Waals surface area contributed by atoms with E-state index < -0.39 is 8.07 Å². The number of alkyl halides is 1. The van der Waals surface area contributed by atoms with Gasteiger partial charge in [-0.05, 0) is 30.4 Å². The van der Waals surface area contributed by atoms with Gasteiger partial charge in [0.1, 0.15) is 0 Å². The molecular formula is C16H27ISi. The number of aryl methyl sites for hydroxylation is 2. The minimum Gasteiger partial charge on any atom is -0.0860 e. The lowest BCUT2D eigenvalue weighted by molar-refractivity contribution is 0.711. The highest BCUT2D eigenvalue weighted by molar-refractivity contribution is 14.1. The number of halogens is 1.